The molecule has 1 N–H and O–H groups in total. The minimum atomic E-state index is -0.615. The fourth-order valence-electron chi connectivity index (χ4n) is 2.79. The van der Waals surface area contributed by atoms with Gasteiger partial charge in [0.05, 0.1) is 11.1 Å². The predicted octanol–water partition coefficient (Wildman–Crippen LogP) is 1.80. The van der Waals surface area contributed by atoms with Gasteiger partial charge in [0.25, 0.3) is 0 Å². The lowest BCUT2D eigenvalue weighted by Gasteiger charge is -2.39. The zero-order valence-electron chi connectivity index (χ0n) is 10.5. The molecule has 1 aromatic carbocycles. The smallest absolute Gasteiger partial charge is 0.143 e. The van der Waals surface area contributed by atoms with Gasteiger partial charge < -0.3 is 9.84 Å². The Labute approximate surface area is 116 Å². The van der Waals surface area contributed by atoms with Gasteiger partial charge in [0.15, 0.2) is 0 Å². The molecule has 19 heavy (non-hydrogen) atoms. The number of likely N-dealkylation sites (tertiary alicyclic amines) is 1. The summed E-state index contributed by atoms with van der Waals surface area (Å²) >= 11 is 6.07. The van der Waals surface area contributed by atoms with Crippen LogP contribution in [-0.2, 0) is 4.79 Å². The van der Waals surface area contributed by atoms with E-state index in [1.165, 1.54) is 0 Å². The van der Waals surface area contributed by atoms with Crippen molar-refractivity contribution in [2.45, 2.75) is 25.0 Å². The zero-order chi connectivity index (χ0) is 13.4. The molecule has 2 aliphatic rings. The van der Waals surface area contributed by atoms with Crippen LogP contribution in [0.2, 0.25) is 5.02 Å². The van der Waals surface area contributed by atoms with Gasteiger partial charge in [0.1, 0.15) is 24.2 Å². The molecule has 1 saturated heterocycles. The first-order chi connectivity index (χ1) is 9.16. The number of piperidine rings is 1. The molecule has 2 unspecified atom stereocenters. The fraction of sp³-hybridized carbons (Fsp3) is 0.500. The highest BCUT2D eigenvalue weighted by Gasteiger charge is 2.35. The largest absolute Gasteiger partial charge is 0.490 e. The summed E-state index contributed by atoms with van der Waals surface area (Å²) in [5.41, 5.74) is 0.737. The van der Waals surface area contributed by atoms with Crippen LogP contribution in [0.5, 0.6) is 5.75 Å². The molecule has 0 saturated carbocycles. The van der Waals surface area contributed by atoms with Gasteiger partial charge in [-0.1, -0.05) is 23.7 Å². The lowest BCUT2D eigenvalue weighted by atomic mass is 9.96. The molecule has 0 spiro atoms. The van der Waals surface area contributed by atoms with Crippen LogP contribution in [-0.4, -0.2) is 41.5 Å². The number of carbonyl (C=O) groups excluding carboxylic acids is 1. The average molecular weight is 282 g/mol. The number of benzene rings is 1. The molecule has 0 radical (unpaired) electrons. The van der Waals surface area contributed by atoms with E-state index in [0.717, 1.165) is 5.56 Å². The quantitative estimate of drug-likeness (QED) is 0.853. The monoisotopic (exact) mass is 281 g/mol. The number of halogens is 1. The molecule has 0 aliphatic carbocycles. The van der Waals surface area contributed by atoms with Crippen molar-refractivity contribution in [2.75, 3.05) is 19.7 Å². The van der Waals surface area contributed by atoms with Crippen LogP contribution in [0.3, 0.4) is 0 Å². The first-order valence-electron chi connectivity index (χ1n) is 6.52. The van der Waals surface area contributed by atoms with Crippen molar-refractivity contribution >= 4 is 17.4 Å². The summed E-state index contributed by atoms with van der Waals surface area (Å²) in [7, 11) is 0. The molecule has 3 rings (SSSR count). The standard InChI is InChI=1S/C14H16ClNO3/c15-11-3-1-2-10-13(18)12(8-19-14(10)11)16-6-4-9(17)5-7-16/h1-3,12-13,18H,4-8H2. The Balaban J connectivity index is 1.81. The number of para-hydroxylation sites is 1. The van der Waals surface area contributed by atoms with Crippen molar-refractivity contribution < 1.29 is 14.6 Å². The minimum absolute atomic E-state index is 0.0981. The van der Waals surface area contributed by atoms with Gasteiger partial charge in [-0.2, -0.15) is 0 Å². The summed E-state index contributed by atoms with van der Waals surface area (Å²) in [6.45, 7) is 1.80. The van der Waals surface area contributed by atoms with Crippen molar-refractivity contribution in [3.05, 3.63) is 28.8 Å². The molecule has 2 aliphatic heterocycles. The van der Waals surface area contributed by atoms with Crippen LogP contribution >= 0.6 is 11.6 Å². The van der Waals surface area contributed by atoms with Crippen molar-refractivity contribution in [3.8, 4) is 5.75 Å². The van der Waals surface area contributed by atoms with Gasteiger partial charge in [-0.15, -0.1) is 0 Å². The van der Waals surface area contributed by atoms with Crippen LogP contribution in [0.4, 0.5) is 0 Å². The van der Waals surface area contributed by atoms with Crippen LogP contribution in [0.1, 0.15) is 24.5 Å². The number of ether oxygens (including phenoxy) is 1. The molecule has 2 heterocycles. The van der Waals surface area contributed by atoms with E-state index in [1.807, 2.05) is 12.1 Å². The molecular weight excluding hydrogens is 266 g/mol. The maximum atomic E-state index is 11.3. The van der Waals surface area contributed by atoms with Crippen LogP contribution in [0, 0.1) is 0 Å². The third-order valence-corrected chi connectivity index (χ3v) is 4.20. The van der Waals surface area contributed by atoms with Crippen LogP contribution in [0.15, 0.2) is 18.2 Å². The minimum Gasteiger partial charge on any atom is -0.490 e. The summed E-state index contributed by atoms with van der Waals surface area (Å²) < 4.78 is 5.70. The second-order valence-electron chi connectivity index (χ2n) is 5.06. The number of hydrogen-bond acceptors (Lipinski definition) is 4. The highest BCUT2D eigenvalue weighted by Crippen LogP contribution is 2.39. The van der Waals surface area contributed by atoms with E-state index in [0.29, 0.717) is 49.1 Å². The molecule has 1 fully saturated rings. The molecule has 4 nitrogen and oxygen atoms in total. The van der Waals surface area contributed by atoms with E-state index < -0.39 is 6.10 Å². The van der Waals surface area contributed by atoms with Crippen LogP contribution < -0.4 is 4.74 Å². The second-order valence-corrected chi connectivity index (χ2v) is 5.46. The Hall–Kier alpha value is -1.10. The SMILES string of the molecule is O=C1CCN(C2COc3c(Cl)cccc3C2O)CC1. The van der Waals surface area contributed by atoms with Crippen molar-refractivity contribution in [2.24, 2.45) is 0 Å². The number of carbonyl (C=O) groups is 1. The van der Waals surface area contributed by atoms with Gasteiger partial charge in [0.2, 0.25) is 0 Å². The van der Waals surface area contributed by atoms with Crippen molar-refractivity contribution in [1.82, 2.24) is 4.90 Å². The Kier molecular flexibility index (Phi) is 3.48. The predicted molar refractivity (Wildman–Crippen MR) is 71.5 cm³/mol. The third-order valence-electron chi connectivity index (χ3n) is 3.90. The Morgan fingerprint density at radius 3 is 2.79 bits per heavy atom. The maximum Gasteiger partial charge on any atom is 0.143 e. The molecule has 5 heteroatoms. The number of nitrogens with zero attached hydrogens (tertiary/aromatic N) is 1. The summed E-state index contributed by atoms with van der Waals surface area (Å²) in [5, 5.41) is 11.0. The number of aliphatic hydroxyl groups is 1. The van der Waals surface area contributed by atoms with Gasteiger partial charge in [-0.25, -0.2) is 0 Å². The Bertz CT molecular complexity index is 495. The number of rotatable bonds is 1. The lowest BCUT2D eigenvalue weighted by molar-refractivity contribution is -0.123. The van der Waals surface area contributed by atoms with E-state index in [4.69, 9.17) is 16.3 Å². The first-order valence-corrected chi connectivity index (χ1v) is 6.89. The van der Waals surface area contributed by atoms with Crippen LogP contribution in [0.25, 0.3) is 0 Å². The summed E-state index contributed by atoms with van der Waals surface area (Å²) in [6.07, 6.45) is 0.507. The number of ketones is 1. The molecule has 0 amide bonds. The van der Waals surface area contributed by atoms with E-state index in [1.54, 1.807) is 6.07 Å². The van der Waals surface area contributed by atoms with Gasteiger partial charge in [-0.05, 0) is 6.07 Å². The Morgan fingerprint density at radius 1 is 1.32 bits per heavy atom. The first kappa shape index (κ1) is 12.9. The third kappa shape index (κ3) is 2.36. The summed E-state index contributed by atoms with van der Waals surface area (Å²) in [4.78, 5) is 13.4. The van der Waals surface area contributed by atoms with Crippen molar-refractivity contribution in [1.29, 1.82) is 0 Å². The average Bonchev–Trinajstić information content (AvgIpc) is 2.42. The fourth-order valence-corrected chi connectivity index (χ4v) is 3.02. The summed E-state index contributed by atoms with van der Waals surface area (Å²) in [5.74, 6) is 0.881. The molecular formula is C14H16ClNO3. The van der Waals surface area contributed by atoms with E-state index in [2.05, 4.69) is 4.90 Å². The normalized spacial score (nSPS) is 27.8. The van der Waals surface area contributed by atoms with Gasteiger partial charge in [0, 0.05) is 31.5 Å². The van der Waals surface area contributed by atoms with Gasteiger partial charge in [-0.3, -0.25) is 9.69 Å². The maximum absolute atomic E-state index is 11.3. The molecule has 102 valence electrons. The molecule has 1 aromatic rings. The number of Topliss-reactive ketones (excluding diaryl/α,β-unsaturated/α-hetero) is 1. The highest BCUT2D eigenvalue weighted by atomic mass is 35.5. The zero-order valence-corrected chi connectivity index (χ0v) is 11.3. The molecule has 0 aromatic heterocycles. The van der Waals surface area contributed by atoms with E-state index in [9.17, 15) is 9.90 Å². The van der Waals surface area contributed by atoms with Gasteiger partial charge >= 0.3 is 0 Å². The van der Waals surface area contributed by atoms with E-state index >= 15 is 0 Å². The lowest BCUT2D eigenvalue weighted by Crippen LogP contribution is -2.49. The summed E-state index contributed by atoms with van der Waals surface area (Å²) in [6, 6.07) is 5.31. The molecule has 0 bridgehead atoms. The number of fused-ring (bicyclic) bond motifs is 1. The number of hydrogen-bond donors (Lipinski definition) is 1. The topological polar surface area (TPSA) is 49.8 Å². The Morgan fingerprint density at radius 2 is 2.05 bits per heavy atom. The highest BCUT2D eigenvalue weighted by molar-refractivity contribution is 6.32. The van der Waals surface area contributed by atoms with Crippen molar-refractivity contribution in [3.63, 3.8) is 0 Å². The van der Waals surface area contributed by atoms with E-state index in [-0.39, 0.29) is 6.04 Å². The number of aliphatic hydroxyl groups excluding tert-OH is 1. The molecule has 2 atom stereocenters. The second kappa shape index (κ2) is 5.12.